The molecule has 2 amide bonds. The van der Waals surface area contributed by atoms with Gasteiger partial charge >= 0.3 is 0 Å². The van der Waals surface area contributed by atoms with Crippen molar-refractivity contribution in [1.82, 2.24) is 5.32 Å². The molecule has 3 rings (SSSR count). The van der Waals surface area contributed by atoms with Crippen LogP contribution in [-0.2, 0) is 4.79 Å². The van der Waals surface area contributed by atoms with Crippen LogP contribution in [-0.4, -0.2) is 32.0 Å². The third kappa shape index (κ3) is 5.47. The molecule has 2 aromatic carbocycles. The highest BCUT2D eigenvalue weighted by atomic mass is 16.5. The SMILES string of the molecule is COc1ccc(C=CC(=O)N(C)c2ccccc2C(=O)NC2CCCCC2)cc1. The lowest BCUT2D eigenvalue weighted by Gasteiger charge is -2.24. The maximum atomic E-state index is 12.8. The number of methoxy groups -OCH3 is 1. The number of carbonyl (C=O) groups excluding carboxylic acids is 2. The normalized spacial score (nSPS) is 14.6. The van der Waals surface area contributed by atoms with Gasteiger partial charge in [-0.2, -0.15) is 0 Å². The Hall–Kier alpha value is -3.08. The van der Waals surface area contributed by atoms with Crippen molar-refractivity contribution in [3.63, 3.8) is 0 Å². The Kier molecular flexibility index (Phi) is 7.06. The minimum atomic E-state index is -0.196. The number of nitrogens with one attached hydrogen (secondary N) is 1. The van der Waals surface area contributed by atoms with E-state index in [1.165, 1.54) is 17.4 Å². The number of rotatable bonds is 6. The van der Waals surface area contributed by atoms with Gasteiger partial charge in [-0.15, -0.1) is 0 Å². The number of carbonyl (C=O) groups is 2. The molecule has 1 aliphatic rings. The summed E-state index contributed by atoms with van der Waals surface area (Å²) >= 11 is 0. The number of benzene rings is 2. The molecule has 0 spiro atoms. The van der Waals surface area contributed by atoms with Crippen molar-refractivity contribution >= 4 is 23.6 Å². The maximum Gasteiger partial charge on any atom is 0.253 e. The molecular weight excluding hydrogens is 364 g/mol. The first-order valence-electron chi connectivity index (χ1n) is 10.1. The Labute approximate surface area is 172 Å². The van der Waals surface area contributed by atoms with Gasteiger partial charge in [-0.05, 0) is 48.7 Å². The zero-order chi connectivity index (χ0) is 20.6. The lowest BCUT2D eigenvalue weighted by molar-refractivity contribution is -0.113. The molecule has 1 N–H and O–H groups in total. The largest absolute Gasteiger partial charge is 0.497 e. The predicted octanol–water partition coefficient (Wildman–Crippen LogP) is 4.43. The molecule has 0 aromatic heterocycles. The molecule has 1 fully saturated rings. The van der Waals surface area contributed by atoms with Crippen molar-refractivity contribution in [1.29, 1.82) is 0 Å². The Morgan fingerprint density at radius 2 is 1.72 bits per heavy atom. The Morgan fingerprint density at radius 3 is 2.41 bits per heavy atom. The van der Waals surface area contributed by atoms with E-state index in [2.05, 4.69) is 5.32 Å². The van der Waals surface area contributed by atoms with E-state index >= 15 is 0 Å². The second-order valence-corrected chi connectivity index (χ2v) is 7.33. The summed E-state index contributed by atoms with van der Waals surface area (Å²) in [5, 5.41) is 3.13. The molecule has 0 unspecified atom stereocenters. The first-order chi connectivity index (χ1) is 14.1. The summed E-state index contributed by atoms with van der Waals surface area (Å²) in [4.78, 5) is 27.0. The molecule has 0 radical (unpaired) electrons. The third-order valence-electron chi connectivity index (χ3n) is 5.32. The number of likely N-dealkylation sites (N-methyl/N-ethyl adjacent to an activating group) is 1. The number of nitrogens with zero attached hydrogens (tertiary/aromatic N) is 1. The molecule has 0 aliphatic heterocycles. The minimum absolute atomic E-state index is 0.119. The van der Waals surface area contributed by atoms with Gasteiger partial charge in [0, 0.05) is 19.2 Å². The zero-order valence-electron chi connectivity index (χ0n) is 17.1. The highest BCUT2D eigenvalue weighted by Gasteiger charge is 2.20. The molecule has 0 heterocycles. The van der Waals surface area contributed by atoms with Crippen molar-refractivity contribution in [2.24, 2.45) is 0 Å². The van der Waals surface area contributed by atoms with E-state index in [1.807, 2.05) is 36.4 Å². The quantitative estimate of drug-likeness (QED) is 0.740. The van der Waals surface area contributed by atoms with E-state index < -0.39 is 0 Å². The summed E-state index contributed by atoms with van der Waals surface area (Å²) in [6, 6.07) is 14.9. The van der Waals surface area contributed by atoms with Gasteiger partial charge in [0.2, 0.25) is 0 Å². The molecule has 1 aliphatic carbocycles. The summed E-state index contributed by atoms with van der Waals surface area (Å²) in [6.07, 6.45) is 8.85. The van der Waals surface area contributed by atoms with Gasteiger partial charge in [-0.25, -0.2) is 0 Å². The topological polar surface area (TPSA) is 58.6 Å². The molecule has 5 heteroatoms. The Morgan fingerprint density at radius 1 is 1.03 bits per heavy atom. The standard InChI is InChI=1S/C24H28N2O3/c1-26(23(27)17-14-18-12-15-20(29-2)16-13-18)22-11-7-6-10-21(22)24(28)25-19-8-4-3-5-9-19/h6-7,10-17,19H,3-5,8-9H2,1-2H3,(H,25,28). The number of hydrogen-bond donors (Lipinski definition) is 1. The molecule has 0 atom stereocenters. The number of amides is 2. The van der Waals surface area contributed by atoms with Crippen molar-refractivity contribution in [3.8, 4) is 5.75 Å². The van der Waals surface area contributed by atoms with Gasteiger partial charge in [-0.1, -0.05) is 43.5 Å². The van der Waals surface area contributed by atoms with Gasteiger partial charge in [0.05, 0.1) is 18.4 Å². The van der Waals surface area contributed by atoms with Crippen LogP contribution in [0.4, 0.5) is 5.69 Å². The van der Waals surface area contributed by atoms with E-state index in [4.69, 9.17) is 4.74 Å². The molecule has 0 bridgehead atoms. The van der Waals surface area contributed by atoms with E-state index in [0.717, 1.165) is 37.0 Å². The summed E-state index contributed by atoms with van der Waals surface area (Å²) in [5.41, 5.74) is 2.02. The predicted molar refractivity (Wildman–Crippen MR) is 116 cm³/mol. The fraction of sp³-hybridized carbons (Fsp3) is 0.333. The Balaban J connectivity index is 1.70. The van der Waals surface area contributed by atoms with Gasteiger partial charge in [0.15, 0.2) is 0 Å². The summed E-state index contributed by atoms with van der Waals surface area (Å²) < 4.78 is 5.14. The lowest BCUT2D eigenvalue weighted by atomic mass is 9.95. The van der Waals surface area contributed by atoms with E-state index in [1.54, 1.807) is 32.4 Å². The van der Waals surface area contributed by atoms with Crippen molar-refractivity contribution in [2.45, 2.75) is 38.1 Å². The van der Waals surface area contributed by atoms with Gasteiger partial charge in [0.1, 0.15) is 5.75 Å². The van der Waals surface area contributed by atoms with Gasteiger partial charge in [-0.3, -0.25) is 9.59 Å². The number of hydrogen-bond acceptors (Lipinski definition) is 3. The summed E-state index contributed by atoms with van der Waals surface area (Å²) in [5.74, 6) is 0.452. The van der Waals surface area contributed by atoms with Crippen LogP contribution in [0.25, 0.3) is 6.08 Å². The fourth-order valence-electron chi connectivity index (χ4n) is 3.58. The van der Waals surface area contributed by atoms with E-state index in [9.17, 15) is 9.59 Å². The van der Waals surface area contributed by atoms with Crippen LogP contribution in [0.1, 0.15) is 48.0 Å². The lowest BCUT2D eigenvalue weighted by Crippen LogP contribution is -2.37. The minimum Gasteiger partial charge on any atom is -0.497 e. The number of para-hydroxylation sites is 1. The van der Waals surface area contributed by atoms with Crippen molar-refractivity contribution in [3.05, 3.63) is 65.7 Å². The highest BCUT2D eigenvalue weighted by Crippen LogP contribution is 2.22. The molecule has 5 nitrogen and oxygen atoms in total. The smallest absolute Gasteiger partial charge is 0.253 e. The number of ether oxygens (including phenoxy) is 1. The Bertz CT molecular complexity index is 868. The molecule has 0 saturated heterocycles. The first kappa shape index (κ1) is 20.6. The fourth-order valence-corrected chi connectivity index (χ4v) is 3.58. The van der Waals surface area contributed by atoms with Crippen LogP contribution in [0.3, 0.4) is 0 Å². The van der Waals surface area contributed by atoms with Crippen molar-refractivity contribution < 1.29 is 14.3 Å². The molecule has 29 heavy (non-hydrogen) atoms. The van der Waals surface area contributed by atoms with Crippen LogP contribution < -0.4 is 15.0 Å². The van der Waals surface area contributed by atoms with Crippen molar-refractivity contribution in [2.75, 3.05) is 19.1 Å². The van der Waals surface area contributed by atoms with Gasteiger partial charge in [0.25, 0.3) is 11.8 Å². The summed E-state index contributed by atoms with van der Waals surface area (Å²) in [7, 11) is 3.30. The summed E-state index contributed by atoms with van der Waals surface area (Å²) in [6.45, 7) is 0. The van der Waals surface area contributed by atoms with Crippen LogP contribution in [0, 0.1) is 0 Å². The van der Waals surface area contributed by atoms with Crippen LogP contribution in [0.2, 0.25) is 0 Å². The molecular formula is C24H28N2O3. The zero-order valence-corrected chi connectivity index (χ0v) is 17.1. The third-order valence-corrected chi connectivity index (χ3v) is 5.32. The van der Waals surface area contributed by atoms with E-state index in [-0.39, 0.29) is 17.9 Å². The van der Waals surface area contributed by atoms with Crippen LogP contribution in [0.15, 0.2) is 54.6 Å². The van der Waals surface area contributed by atoms with E-state index in [0.29, 0.717) is 11.3 Å². The van der Waals surface area contributed by atoms with Crippen LogP contribution in [0.5, 0.6) is 5.75 Å². The molecule has 152 valence electrons. The second-order valence-electron chi connectivity index (χ2n) is 7.33. The van der Waals surface area contributed by atoms with Gasteiger partial charge < -0.3 is 15.0 Å². The monoisotopic (exact) mass is 392 g/mol. The molecule has 2 aromatic rings. The average Bonchev–Trinajstić information content (AvgIpc) is 2.78. The number of anilines is 1. The first-order valence-corrected chi connectivity index (χ1v) is 10.1. The van der Waals surface area contributed by atoms with Crippen LogP contribution >= 0.6 is 0 Å². The molecule has 1 saturated carbocycles. The second kappa shape index (κ2) is 9.92. The maximum absolute atomic E-state index is 12.8. The average molecular weight is 392 g/mol. The highest BCUT2D eigenvalue weighted by molar-refractivity contribution is 6.08.